The lowest BCUT2D eigenvalue weighted by Gasteiger charge is -2.21. The fourth-order valence-electron chi connectivity index (χ4n) is 1.89. The molecule has 0 aliphatic carbocycles. The van der Waals surface area contributed by atoms with Gasteiger partial charge >= 0.3 is 0 Å². The molecule has 0 heterocycles. The molecule has 1 aromatic rings. The van der Waals surface area contributed by atoms with E-state index in [1.54, 1.807) is 13.2 Å². The normalized spacial score (nSPS) is 11.3. The van der Waals surface area contributed by atoms with E-state index in [0.717, 1.165) is 11.1 Å². The van der Waals surface area contributed by atoms with E-state index < -0.39 is 6.43 Å². The number of rotatable bonds is 8. The highest BCUT2D eigenvalue weighted by Gasteiger charge is 2.13. The average molecular weight is 274 g/mol. The van der Waals surface area contributed by atoms with Crippen LogP contribution in [0.3, 0.4) is 0 Å². The van der Waals surface area contributed by atoms with Gasteiger partial charge in [0.05, 0.1) is 20.3 Å². The summed E-state index contributed by atoms with van der Waals surface area (Å²) in [5, 5.41) is 8.88. The number of halogens is 2. The summed E-state index contributed by atoms with van der Waals surface area (Å²) >= 11 is 0. The van der Waals surface area contributed by atoms with Gasteiger partial charge in [-0.3, -0.25) is 4.90 Å². The topological polar surface area (TPSA) is 58.7 Å². The summed E-state index contributed by atoms with van der Waals surface area (Å²) in [6.45, 7) is 0.407. The third-order valence-electron chi connectivity index (χ3n) is 2.79. The second-order valence-corrected chi connectivity index (χ2v) is 4.20. The second-order valence-electron chi connectivity index (χ2n) is 4.20. The van der Waals surface area contributed by atoms with Crippen LogP contribution in [0.25, 0.3) is 0 Å². The van der Waals surface area contributed by atoms with Crippen LogP contribution in [0.15, 0.2) is 18.2 Å². The molecule has 0 saturated carbocycles. The molecule has 0 radical (unpaired) electrons. The van der Waals surface area contributed by atoms with E-state index in [1.165, 1.54) is 4.90 Å². The highest BCUT2D eigenvalue weighted by atomic mass is 19.3. The molecule has 0 unspecified atom stereocenters. The molecule has 108 valence electrons. The molecule has 0 aliphatic heterocycles. The molecular weight excluding hydrogens is 254 g/mol. The molecule has 4 nitrogen and oxygen atoms in total. The number of benzene rings is 1. The van der Waals surface area contributed by atoms with Crippen LogP contribution in [0.5, 0.6) is 5.75 Å². The second kappa shape index (κ2) is 8.04. The minimum Gasteiger partial charge on any atom is -0.496 e. The van der Waals surface area contributed by atoms with Crippen LogP contribution in [0, 0.1) is 0 Å². The fourth-order valence-corrected chi connectivity index (χ4v) is 1.89. The summed E-state index contributed by atoms with van der Waals surface area (Å²) in [6, 6.07) is 5.45. The monoisotopic (exact) mass is 274 g/mol. The van der Waals surface area contributed by atoms with Gasteiger partial charge in [-0.15, -0.1) is 0 Å². The minimum absolute atomic E-state index is 0.148. The lowest BCUT2D eigenvalue weighted by Crippen LogP contribution is -2.31. The van der Waals surface area contributed by atoms with E-state index in [9.17, 15) is 8.78 Å². The third-order valence-corrected chi connectivity index (χ3v) is 2.79. The number of alkyl halides is 2. The lowest BCUT2D eigenvalue weighted by molar-refractivity contribution is 0.0746. The Labute approximate surface area is 111 Å². The van der Waals surface area contributed by atoms with Gasteiger partial charge in [-0.1, -0.05) is 12.1 Å². The zero-order valence-corrected chi connectivity index (χ0v) is 11.0. The van der Waals surface area contributed by atoms with E-state index in [2.05, 4.69) is 0 Å². The first-order chi connectivity index (χ1) is 9.10. The SMILES string of the molecule is COc1cc(CN(CCO)CC(F)F)ccc1CN. The number of aliphatic hydroxyl groups is 1. The Bertz CT molecular complexity index is 389. The number of aliphatic hydroxyl groups excluding tert-OH is 1. The third kappa shape index (κ3) is 5.10. The van der Waals surface area contributed by atoms with Crippen LogP contribution in [-0.2, 0) is 13.1 Å². The average Bonchev–Trinajstić information content (AvgIpc) is 2.38. The smallest absolute Gasteiger partial charge is 0.251 e. The molecule has 6 heteroatoms. The number of hydrogen-bond acceptors (Lipinski definition) is 4. The molecule has 0 saturated heterocycles. The van der Waals surface area contributed by atoms with Gasteiger partial charge in [-0.2, -0.15) is 0 Å². The maximum Gasteiger partial charge on any atom is 0.251 e. The van der Waals surface area contributed by atoms with Crippen LogP contribution < -0.4 is 10.5 Å². The molecule has 0 spiro atoms. The minimum atomic E-state index is -2.42. The first kappa shape index (κ1) is 15.8. The summed E-state index contributed by atoms with van der Waals surface area (Å²) in [5.41, 5.74) is 7.29. The van der Waals surface area contributed by atoms with Crippen molar-refractivity contribution >= 4 is 0 Å². The van der Waals surface area contributed by atoms with Crippen molar-refractivity contribution in [2.75, 3.05) is 26.8 Å². The number of nitrogens with zero attached hydrogens (tertiary/aromatic N) is 1. The molecule has 1 aromatic carbocycles. The van der Waals surface area contributed by atoms with E-state index in [1.807, 2.05) is 12.1 Å². The van der Waals surface area contributed by atoms with E-state index in [4.69, 9.17) is 15.6 Å². The Morgan fingerprint density at radius 3 is 2.68 bits per heavy atom. The fraction of sp³-hybridized carbons (Fsp3) is 0.538. The largest absolute Gasteiger partial charge is 0.496 e. The van der Waals surface area contributed by atoms with Gasteiger partial charge in [0.1, 0.15) is 5.75 Å². The van der Waals surface area contributed by atoms with E-state index in [0.29, 0.717) is 18.8 Å². The van der Waals surface area contributed by atoms with Gasteiger partial charge in [0.25, 0.3) is 6.43 Å². The molecule has 0 aliphatic rings. The molecule has 0 fully saturated rings. The van der Waals surface area contributed by atoms with E-state index in [-0.39, 0.29) is 19.7 Å². The van der Waals surface area contributed by atoms with Crippen molar-refractivity contribution in [3.63, 3.8) is 0 Å². The van der Waals surface area contributed by atoms with Gasteiger partial charge in [0.15, 0.2) is 0 Å². The van der Waals surface area contributed by atoms with Crippen molar-refractivity contribution in [2.45, 2.75) is 19.5 Å². The molecule has 19 heavy (non-hydrogen) atoms. The highest BCUT2D eigenvalue weighted by molar-refractivity contribution is 5.37. The Morgan fingerprint density at radius 2 is 2.16 bits per heavy atom. The Hall–Kier alpha value is -1.24. The Kier molecular flexibility index (Phi) is 6.69. The number of methoxy groups -OCH3 is 1. The van der Waals surface area contributed by atoms with Gasteiger partial charge in [-0.05, 0) is 11.6 Å². The molecule has 0 amide bonds. The van der Waals surface area contributed by atoms with Crippen molar-refractivity contribution in [3.8, 4) is 5.75 Å². The zero-order chi connectivity index (χ0) is 14.3. The van der Waals surface area contributed by atoms with Crippen molar-refractivity contribution in [1.82, 2.24) is 4.90 Å². The Balaban J connectivity index is 2.78. The lowest BCUT2D eigenvalue weighted by atomic mass is 10.1. The molecule has 0 aromatic heterocycles. The predicted molar refractivity (Wildman–Crippen MR) is 69.3 cm³/mol. The molecular formula is C13H20F2N2O2. The van der Waals surface area contributed by atoms with Gasteiger partial charge in [0, 0.05) is 25.2 Å². The summed E-state index contributed by atoms with van der Waals surface area (Å²) in [4.78, 5) is 1.50. The summed E-state index contributed by atoms with van der Waals surface area (Å²) < 4.78 is 30.0. The van der Waals surface area contributed by atoms with Gasteiger partial charge in [0.2, 0.25) is 0 Å². The zero-order valence-electron chi connectivity index (χ0n) is 11.0. The first-order valence-corrected chi connectivity index (χ1v) is 6.08. The molecule has 0 atom stereocenters. The summed E-state index contributed by atoms with van der Waals surface area (Å²) in [6.07, 6.45) is -2.42. The number of ether oxygens (including phenoxy) is 1. The molecule has 0 bridgehead atoms. The highest BCUT2D eigenvalue weighted by Crippen LogP contribution is 2.20. The van der Waals surface area contributed by atoms with Crippen molar-refractivity contribution in [1.29, 1.82) is 0 Å². The predicted octanol–water partition coefficient (Wildman–Crippen LogP) is 1.21. The van der Waals surface area contributed by atoms with Gasteiger partial charge in [-0.25, -0.2) is 8.78 Å². The number of nitrogens with two attached hydrogens (primary N) is 1. The standard InChI is InChI=1S/C13H20F2N2O2/c1-19-12-6-10(2-3-11(12)7-16)8-17(4-5-18)9-13(14)15/h2-3,6,13,18H,4-5,7-9,16H2,1H3. The van der Waals surface area contributed by atoms with Crippen LogP contribution >= 0.6 is 0 Å². The van der Waals surface area contributed by atoms with Crippen LogP contribution in [-0.4, -0.2) is 43.2 Å². The first-order valence-electron chi connectivity index (χ1n) is 6.08. The molecule has 3 N–H and O–H groups in total. The van der Waals surface area contributed by atoms with Crippen LogP contribution in [0.2, 0.25) is 0 Å². The maximum atomic E-state index is 12.4. The quantitative estimate of drug-likeness (QED) is 0.748. The van der Waals surface area contributed by atoms with E-state index >= 15 is 0 Å². The van der Waals surface area contributed by atoms with Gasteiger partial charge < -0.3 is 15.6 Å². The molecule has 1 rings (SSSR count). The summed E-state index contributed by atoms with van der Waals surface area (Å²) in [5.74, 6) is 0.654. The van der Waals surface area contributed by atoms with Crippen molar-refractivity contribution in [3.05, 3.63) is 29.3 Å². The van der Waals surface area contributed by atoms with Crippen LogP contribution in [0.1, 0.15) is 11.1 Å². The Morgan fingerprint density at radius 1 is 1.42 bits per heavy atom. The maximum absolute atomic E-state index is 12.4. The van der Waals surface area contributed by atoms with Crippen LogP contribution in [0.4, 0.5) is 8.78 Å². The van der Waals surface area contributed by atoms with Crippen molar-refractivity contribution < 1.29 is 18.6 Å². The van der Waals surface area contributed by atoms with Crippen molar-refractivity contribution in [2.24, 2.45) is 5.73 Å². The summed E-state index contributed by atoms with van der Waals surface area (Å²) in [7, 11) is 1.54. The number of hydrogen-bond donors (Lipinski definition) is 2.